The molecule has 1 amide bonds. The number of carbonyl (C=O) groups is 1. The van der Waals surface area contributed by atoms with Crippen molar-refractivity contribution < 1.29 is 4.79 Å². The molecule has 0 aliphatic rings. The molecule has 1 heterocycles. The highest BCUT2D eigenvalue weighted by Gasteiger charge is 2.05. The number of aryl methyl sites for hydroxylation is 1. The lowest BCUT2D eigenvalue weighted by molar-refractivity contribution is -0.119. The Labute approximate surface area is 143 Å². The first-order valence-corrected chi connectivity index (χ1v) is 8.49. The van der Waals surface area contributed by atoms with Gasteiger partial charge in [0.2, 0.25) is 5.91 Å². The minimum atomic E-state index is -0.0679. The summed E-state index contributed by atoms with van der Waals surface area (Å²) >= 11 is 0. The van der Waals surface area contributed by atoms with Crippen LogP contribution in [0.3, 0.4) is 0 Å². The quantitative estimate of drug-likeness (QED) is 0.461. The fourth-order valence-electron chi connectivity index (χ4n) is 2.57. The molecule has 2 aromatic rings. The molecule has 2 rings (SSSR count). The molecule has 1 aromatic carbocycles. The molecule has 0 fully saturated rings. The van der Waals surface area contributed by atoms with Crippen LogP contribution in [0.5, 0.6) is 0 Å². The lowest BCUT2D eigenvalue weighted by Crippen LogP contribution is -2.39. The number of hydrogen-bond acceptors (Lipinski definition) is 2. The van der Waals surface area contributed by atoms with Gasteiger partial charge in [0.05, 0.1) is 0 Å². The van der Waals surface area contributed by atoms with Gasteiger partial charge in [0.1, 0.15) is 6.54 Å². The van der Waals surface area contributed by atoms with Crippen molar-refractivity contribution in [2.75, 3.05) is 26.2 Å². The molecule has 0 saturated heterocycles. The van der Waals surface area contributed by atoms with Crippen molar-refractivity contribution in [3.8, 4) is 0 Å². The van der Waals surface area contributed by atoms with E-state index in [1.165, 1.54) is 22.0 Å². The fraction of sp³-hybridized carbons (Fsp3) is 0.444. The zero-order valence-electron chi connectivity index (χ0n) is 14.7. The number of nitrogens with zero attached hydrogens (tertiary/aromatic N) is 1. The first-order valence-electron chi connectivity index (χ1n) is 8.49. The minimum absolute atomic E-state index is 0.0679. The van der Waals surface area contributed by atoms with Gasteiger partial charge in [-0.05, 0) is 44.4 Å². The van der Waals surface area contributed by atoms with Gasteiger partial charge in [0.25, 0.3) is 0 Å². The number of benzene rings is 1. The number of rotatable bonds is 7. The second kappa shape index (κ2) is 8.96. The number of H-pyrrole nitrogens is 1. The smallest absolute Gasteiger partial charge is 0.241 e. The van der Waals surface area contributed by atoms with Gasteiger partial charge in [0, 0.05) is 36.7 Å². The highest BCUT2D eigenvalue weighted by Crippen LogP contribution is 2.19. The van der Waals surface area contributed by atoms with Crippen LogP contribution >= 0.6 is 0 Å². The van der Waals surface area contributed by atoms with E-state index in [0.717, 1.165) is 19.5 Å². The maximum Gasteiger partial charge on any atom is 0.241 e. The summed E-state index contributed by atoms with van der Waals surface area (Å²) in [6.45, 7) is 8.26. The lowest BCUT2D eigenvalue weighted by Gasteiger charge is -2.11. The predicted molar refractivity (Wildman–Crippen MR) is 99.4 cm³/mol. The topological polar surface area (TPSA) is 81.3 Å². The van der Waals surface area contributed by atoms with Crippen LogP contribution in [0.15, 0.2) is 29.4 Å². The van der Waals surface area contributed by atoms with E-state index in [1.807, 2.05) is 13.8 Å². The Bertz CT molecular complexity index is 704. The van der Waals surface area contributed by atoms with Gasteiger partial charge in [0.15, 0.2) is 5.96 Å². The largest absolute Gasteiger partial charge is 0.361 e. The molecule has 0 aliphatic carbocycles. The van der Waals surface area contributed by atoms with E-state index >= 15 is 0 Å². The second-order valence-corrected chi connectivity index (χ2v) is 5.69. The van der Waals surface area contributed by atoms with Gasteiger partial charge in [-0.3, -0.25) is 4.79 Å². The molecule has 0 bridgehead atoms. The van der Waals surface area contributed by atoms with Crippen LogP contribution in [0.4, 0.5) is 0 Å². The van der Waals surface area contributed by atoms with Gasteiger partial charge in [-0.1, -0.05) is 12.1 Å². The molecule has 0 aliphatic heterocycles. The van der Waals surface area contributed by atoms with E-state index < -0.39 is 0 Å². The Morgan fingerprint density at radius 1 is 1.17 bits per heavy atom. The highest BCUT2D eigenvalue weighted by atomic mass is 16.1. The van der Waals surface area contributed by atoms with Crippen LogP contribution in [0, 0.1) is 6.92 Å². The Morgan fingerprint density at radius 3 is 2.71 bits per heavy atom. The summed E-state index contributed by atoms with van der Waals surface area (Å²) in [7, 11) is 0. The average Bonchev–Trinajstić information content (AvgIpc) is 2.95. The molecule has 0 unspecified atom stereocenters. The monoisotopic (exact) mass is 329 g/mol. The van der Waals surface area contributed by atoms with Crippen molar-refractivity contribution in [3.05, 3.63) is 35.5 Å². The molecular weight excluding hydrogens is 302 g/mol. The molecule has 1 aromatic heterocycles. The van der Waals surface area contributed by atoms with Gasteiger partial charge in [-0.25, -0.2) is 4.99 Å². The molecule has 6 nitrogen and oxygen atoms in total. The van der Waals surface area contributed by atoms with Crippen LogP contribution < -0.4 is 16.0 Å². The highest BCUT2D eigenvalue weighted by molar-refractivity contribution is 5.85. The number of aliphatic imine (C=N–C) groups is 1. The van der Waals surface area contributed by atoms with E-state index in [-0.39, 0.29) is 12.5 Å². The molecule has 0 atom stereocenters. The maximum atomic E-state index is 11.5. The van der Waals surface area contributed by atoms with Crippen LogP contribution in [0.1, 0.15) is 25.0 Å². The van der Waals surface area contributed by atoms with Crippen LogP contribution in [0.25, 0.3) is 10.9 Å². The van der Waals surface area contributed by atoms with Crippen LogP contribution in [0.2, 0.25) is 0 Å². The van der Waals surface area contributed by atoms with Crippen molar-refractivity contribution in [3.63, 3.8) is 0 Å². The number of fused-ring (bicyclic) bond motifs is 1. The van der Waals surface area contributed by atoms with E-state index in [0.29, 0.717) is 12.5 Å². The first kappa shape index (κ1) is 17.8. The zero-order chi connectivity index (χ0) is 17.4. The molecule has 4 N–H and O–H groups in total. The normalized spacial score (nSPS) is 11.5. The summed E-state index contributed by atoms with van der Waals surface area (Å²) in [6.07, 6.45) is 2.94. The first-order chi connectivity index (χ1) is 11.6. The number of hydrogen-bond donors (Lipinski definition) is 4. The fourth-order valence-corrected chi connectivity index (χ4v) is 2.57. The predicted octanol–water partition coefficient (Wildman–Crippen LogP) is 1.71. The van der Waals surface area contributed by atoms with Crippen LogP contribution in [-0.4, -0.2) is 43.0 Å². The van der Waals surface area contributed by atoms with Crippen LogP contribution in [-0.2, 0) is 11.2 Å². The summed E-state index contributed by atoms with van der Waals surface area (Å²) in [5.41, 5.74) is 3.69. The van der Waals surface area contributed by atoms with Crippen molar-refractivity contribution >= 4 is 22.8 Å². The van der Waals surface area contributed by atoms with E-state index in [9.17, 15) is 4.79 Å². The average molecular weight is 329 g/mol. The third-order valence-corrected chi connectivity index (χ3v) is 3.71. The summed E-state index contributed by atoms with van der Waals surface area (Å²) in [5, 5.41) is 10.4. The summed E-state index contributed by atoms with van der Waals surface area (Å²) in [5.74, 6) is 0.598. The van der Waals surface area contributed by atoms with Crippen molar-refractivity contribution in [1.29, 1.82) is 0 Å². The molecule has 0 radical (unpaired) electrons. The van der Waals surface area contributed by atoms with Gasteiger partial charge in [-0.15, -0.1) is 0 Å². The van der Waals surface area contributed by atoms with Crippen molar-refractivity contribution in [1.82, 2.24) is 20.9 Å². The Balaban J connectivity index is 1.91. The maximum absolute atomic E-state index is 11.5. The number of nitrogens with one attached hydrogen (secondary N) is 4. The molecule has 6 heteroatoms. The molecule has 24 heavy (non-hydrogen) atoms. The Kier molecular flexibility index (Phi) is 6.66. The second-order valence-electron chi connectivity index (χ2n) is 5.69. The summed E-state index contributed by atoms with van der Waals surface area (Å²) < 4.78 is 0. The number of carbonyl (C=O) groups excluding carboxylic acids is 1. The van der Waals surface area contributed by atoms with Gasteiger partial charge in [-0.2, -0.15) is 0 Å². The number of aromatic amines is 1. The van der Waals surface area contributed by atoms with Crippen molar-refractivity contribution in [2.24, 2.45) is 4.99 Å². The molecule has 130 valence electrons. The zero-order valence-corrected chi connectivity index (χ0v) is 14.7. The number of amides is 1. The lowest BCUT2D eigenvalue weighted by atomic mass is 10.1. The SMILES string of the molecule is CCNC(=O)CN=C(NCC)NCCc1c[nH]c2cc(C)ccc12. The minimum Gasteiger partial charge on any atom is -0.361 e. The third kappa shape index (κ3) is 5.01. The van der Waals surface area contributed by atoms with E-state index in [2.05, 4.69) is 57.2 Å². The van der Waals surface area contributed by atoms with E-state index in [1.54, 1.807) is 0 Å². The standard InChI is InChI=1S/C18H27N5O/c1-4-19-17(24)12-23-18(20-5-2)21-9-8-14-11-22-16-10-13(3)6-7-15(14)16/h6-7,10-11,22H,4-5,8-9,12H2,1-3H3,(H,19,24)(H2,20,21,23). The summed E-state index contributed by atoms with van der Waals surface area (Å²) in [6, 6.07) is 6.44. The molecular formula is C18H27N5O. The number of guanidine groups is 1. The molecule has 0 spiro atoms. The van der Waals surface area contributed by atoms with E-state index in [4.69, 9.17) is 0 Å². The van der Waals surface area contributed by atoms with Gasteiger partial charge < -0.3 is 20.9 Å². The molecule has 0 saturated carbocycles. The Hall–Kier alpha value is -2.50. The number of likely N-dealkylation sites (N-methyl/N-ethyl adjacent to an activating group) is 1. The van der Waals surface area contributed by atoms with Crippen molar-refractivity contribution in [2.45, 2.75) is 27.2 Å². The Morgan fingerprint density at radius 2 is 1.96 bits per heavy atom. The number of aromatic nitrogens is 1. The summed E-state index contributed by atoms with van der Waals surface area (Å²) in [4.78, 5) is 19.1. The third-order valence-electron chi connectivity index (χ3n) is 3.71. The van der Waals surface area contributed by atoms with Gasteiger partial charge >= 0.3 is 0 Å².